The number of amides is 2. The molecular weight excluding hydrogens is 302 g/mol. The zero-order valence-corrected chi connectivity index (χ0v) is 14.0. The monoisotopic (exact) mass is 325 g/mol. The summed E-state index contributed by atoms with van der Waals surface area (Å²) >= 11 is 0. The van der Waals surface area contributed by atoms with Gasteiger partial charge in [0.1, 0.15) is 6.04 Å². The van der Waals surface area contributed by atoms with Crippen LogP contribution in [-0.2, 0) is 11.2 Å². The quantitative estimate of drug-likeness (QED) is 0.756. The van der Waals surface area contributed by atoms with Crippen LogP contribution in [0.2, 0.25) is 0 Å². The fourth-order valence-electron chi connectivity index (χ4n) is 2.38. The summed E-state index contributed by atoms with van der Waals surface area (Å²) in [6.45, 7) is 2.46. The van der Waals surface area contributed by atoms with E-state index in [2.05, 4.69) is 10.6 Å². The second-order valence-corrected chi connectivity index (χ2v) is 5.71. The van der Waals surface area contributed by atoms with Gasteiger partial charge in [0, 0.05) is 19.2 Å². The lowest BCUT2D eigenvalue weighted by Crippen LogP contribution is -2.35. The van der Waals surface area contributed by atoms with Crippen molar-refractivity contribution < 1.29 is 9.59 Å². The van der Waals surface area contributed by atoms with Crippen molar-refractivity contribution in [2.24, 2.45) is 5.73 Å². The van der Waals surface area contributed by atoms with Gasteiger partial charge in [0.2, 0.25) is 5.91 Å². The lowest BCUT2D eigenvalue weighted by molar-refractivity contribution is -0.122. The first kappa shape index (κ1) is 17.7. The molecule has 0 aromatic heterocycles. The zero-order chi connectivity index (χ0) is 17.5. The fourth-order valence-corrected chi connectivity index (χ4v) is 2.38. The van der Waals surface area contributed by atoms with E-state index >= 15 is 0 Å². The first-order chi connectivity index (χ1) is 11.5. The molecule has 5 nitrogen and oxygen atoms in total. The number of hydrogen-bond acceptors (Lipinski definition) is 3. The average Bonchev–Trinajstić information content (AvgIpc) is 2.61. The molecule has 1 atom stereocenters. The maximum absolute atomic E-state index is 12.1. The zero-order valence-electron chi connectivity index (χ0n) is 14.0. The molecule has 126 valence electrons. The number of nitrogens with one attached hydrogen (secondary N) is 2. The molecule has 0 aliphatic carbocycles. The van der Waals surface area contributed by atoms with Gasteiger partial charge in [-0.15, -0.1) is 0 Å². The third kappa shape index (κ3) is 4.67. The summed E-state index contributed by atoms with van der Waals surface area (Å²) in [5.41, 5.74) is 9.50. The van der Waals surface area contributed by atoms with E-state index in [0.29, 0.717) is 18.5 Å². The summed E-state index contributed by atoms with van der Waals surface area (Å²) in [5.74, 6) is -0.330. The van der Waals surface area contributed by atoms with Crippen LogP contribution in [-0.4, -0.2) is 25.4 Å². The molecule has 0 bridgehead atoms. The van der Waals surface area contributed by atoms with Crippen LogP contribution in [0.25, 0.3) is 0 Å². The molecular formula is C19H23N3O2. The highest BCUT2D eigenvalue weighted by Gasteiger charge is 2.14. The Bertz CT molecular complexity index is 711. The molecule has 0 fully saturated rings. The van der Waals surface area contributed by atoms with Crippen molar-refractivity contribution in [1.29, 1.82) is 0 Å². The van der Waals surface area contributed by atoms with Crippen LogP contribution in [0, 0.1) is 6.92 Å². The molecule has 0 aliphatic rings. The Hall–Kier alpha value is -2.66. The van der Waals surface area contributed by atoms with Crippen LogP contribution in [0.15, 0.2) is 48.5 Å². The van der Waals surface area contributed by atoms with Crippen molar-refractivity contribution in [3.05, 3.63) is 70.8 Å². The summed E-state index contributed by atoms with van der Waals surface area (Å²) in [7, 11) is 1.60. The van der Waals surface area contributed by atoms with Crippen molar-refractivity contribution in [1.82, 2.24) is 10.6 Å². The molecule has 0 saturated heterocycles. The largest absolute Gasteiger partial charge is 0.355 e. The van der Waals surface area contributed by atoms with Gasteiger partial charge in [0.15, 0.2) is 0 Å². The number of hydrogen-bond donors (Lipinski definition) is 3. The van der Waals surface area contributed by atoms with Crippen LogP contribution in [0.1, 0.15) is 33.1 Å². The van der Waals surface area contributed by atoms with Crippen LogP contribution in [0.3, 0.4) is 0 Å². The van der Waals surface area contributed by atoms with E-state index in [-0.39, 0.29) is 11.8 Å². The highest BCUT2D eigenvalue weighted by atomic mass is 16.2. The number of carbonyl (C=O) groups is 2. The smallest absolute Gasteiger partial charge is 0.251 e. The van der Waals surface area contributed by atoms with Gasteiger partial charge in [-0.25, -0.2) is 0 Å². The van der Waals surface area contributed by atoms with Crippen LogP contribution in [0.5, 0.6) is 0 Å². The van der Waals surface area contributed by atoms with Gasteiger partial charge in [0.25, 0.3) is 5.91 Å². The number of aryl methyl sites for hydroxylation is 1. The summed E-state index contributed by atoms with van der Waals surface area (Å²) < 4.78 is 0. The molecule has 1 unspecified atom stereocenters. The fraction of sp³-hybridized carbons (Fsp3) is 0.263. The predicted molar refractivity (Wildman–Crippen MR) is 94.7 cm³/mol. The lowest BCUT2D eigenvalue weighted by Gasteiger charge is -2.13. The molecule has 24 heavy (non-hydrogen) atoms. The Morgan fingerprint density at radius 3 is 2.50 bits per heavy atom. The highest BCUT2D eigenvalue weighted by molar-refractivity contribution is 5.94. The molecule has 0 saturated carbocycles. The van der Waals surface area contributed by atoms with E-state index in [0.717, 1.165) is 16.7 Å². The molecule has 2 amide bonds. The number of rotatable bonds is 6. The van der Waals surface area contributed by atoms with E-state index in [9.17, 15) is 9.59 Å². The van der Waals surface area contributed by atoms with Crippen molar-refractivity contribution in [3.63, 3.8) is 0 Å². The molecule has 0 aliphatic heterocycles. The lowest BCUT2D eigenvalue weighted by atomic mass is 10.0. The van der Waals surface area contributed by atoms with Gasteiger partial charge < -0.3 is 16.4 Å². The summed E-state index contributed by atoms with van der Waals surface area (Å²) in [5, 5.41) is 5.44. The third-order valence-corrected chi connectivity index (χ3v) is 3.85. The third-order valence-electron chi connectivity index (χ3n) is 3.85. The number of nitrogens with two attached hydrogens (primary N) is 1. The molecule has 2 aromatic carbocycles. The molecule has 4 N–H and O–H groups in total. The Kier molecular flexibility index (Phi) is 6.09. The van der Waals surface area contributed by atoms with Crippen LogP contribution in [0.4, 0.5) is 0 Å². The Morgan fingerprint density at radius 1 is 1.12 bits per heavy atom. The highest BCUT2D eigenvalue weighted by Crippen LogP contribution is 2.11. The minimum Gasteiger partial charge on any atom is -0.355 e. The van der Waals surface area contributed by atoms with Crippen LogP contribution >= 0.6 is 0 Å². The minimum atomic E-state index is -0.678. The molecule has 2 aromatic rings. The number of carbonyl (C=O) groups excluding carboxylic acids is 2. The maximum Gasteiger partial charge on any atom is 0.251 e. The van der Waals surface area contributed by atoms with Crippen molar-refractivity contribution in [2.45, 2.75) is 19.4 Å². The van der Waals surface area contributed by atoms with E-state index in [1.807, 2.05) is 49.4 Å². The normalized spacial score (nSPS) is 11.6. The van der Waals surface area contributed by atoms with Gasteiger partial charge in [-0.1, -0.05) is 42.0 Å². The van der Waals surface area contributed by atoms with Gasteiger partial charge in [-0.05, 0) is 36.6 Å². The molecule has 5 heteroatoms. The first-order valence-electron chi connectivity index (χ1n) is 7.92. The van der Waals surface area contributed by atoms with E-state index in [1.54, 1.807) is 13.1 Å². The summed E-state index contributed by atoms with van der Waals surface area (Å²) in [6.07, 6.45) is 0.636. The van der Waals surface area contributed by atoms with Crippen LogP contribution < -0.4 is 16.4 Å². The Labute approximate surface area is 142 Å². The summed E-state index contributed by atoms with van der Waals surface area (Å²) in [4.78, 5) is 23.8. The molecule has 0 heterocycles. The SMILES string of the molecule is CNC(=O)c1cccc(CCNC(=O)C(N)c2ccc(C)cc2)c1. The second kappa shape index (κ2) is 8.26. The summed E-state index contributed by atoms with van der Waals surface area (Å²) in [6, 6.07) is 14.3. The Balaban J connectivity index is 1.88. The van der Waals surface area contributed by atoms with Gasteiger partial charge >= 0.3 is 0 Å². The van der Waals surface area contributed by atoms with Gasteiger partial charge in [-0.3, -0.25) is 9.59 Å². The topological polar surface area (TPSA) is 84.2 Å². The standard InChI is InChI=1S/C19H23N3O2/c1-13-6-8-15(9-7-13)17(20)19(24)22-11-10-14-4-3-5-16(12-14)18(23)21-2/h3-9,12,17H,10-11,20H2,1-2H3,(H,21,23)(H,22,24). The molecule has 0 radical (unpaired) electrons. The minimum absolute atomic E-state index is 0.123. The Morgan fingerprint density at radius 2 is 1.83 bits per heavy atom. The molecule has 0 spiro atoms. The predicted octanol–water partition coefficient (Wildman–Crippen LogP) is 1.71. The maximum atomic E-state index is 12.1. The van der Waals surface area contributed by atoms with Gasteiger partial charge in [-0.2, -0.15) is 0 Å². The van der Waals surface area contributed by atoms with Crippen molar-refractivity contribution >= 4 is 11.8 Å². The van der Waals surface area contributed by atoms with Gasteiger partial charge in [0.05, 0.1) is 0 Å². The second-order valence-electron chi connectivity index (χ2n) is 5.71. The average molecular weight is 325 g/mol. The number of benzene rings is 2. The van der Waals surface area contributed by atoms with Crippen molar-refractivity contribution in [3.8, 4) is 0 Å². The van der Waals surface area contributed by atoms with E-state index < -0.39 is 6.04 Å². The first-order valence-corrected chi connectivity index (χ1v) is 7.92. The molecule has 2 rings (SSSR count). The van der Waals surface area contributed by atoms with Crippen molar-refractivity contribution in [2.75, 3.05) is 13.6 Å². The van der Waals surface area contributed by atoms with E-state index in [1.165, 1.54) is 0 Å². The van der Waals surface area contributed by atoms with E-state index in [4.69, 9.17) is 5.73 Å².